The summed E-state index contributed by atoms with van der Waals surface area (Å²) in [5.74, 6) is -0.783. The molecule has 1 unspecified atom stereocenters. The van der Waals surface area contributed by atoms with E-state index >= 15 is 0 Å². The number of halogens is 1. The van der Waals surface area contributed by atoms with Crippen LogP contribution in [0.25, 0.3) is 0 Å². The summed E-state index contributed by atoms with van der Waals surface area (Å²) in [6, 6.07) is 5.41. The first-order valence-electron chi connectivity index (χ1n) is 6.36. The first kappa shape index (κ1) is 15.1. The Morgan fingerprint density at radius 2 is 1.89 bits per heavy atom. The average Bonchev–Trinajstić information content (AvgIpc) is 2.39. The first-order valence-corrected chi connectivity index (χ1v) is 6.36. The number of carbonyl (C=O) groups is 2. The van der Waals surface area contributed by atoms with Crippen LogP contribution in [0.5, 0.6) is 0 Å². The molecule has 4 nitrogen and oxygen atoms in total. The molecule has 0 heterocycles. The third kappa shape index (κ3) is 5.50. The third-order valence-electron chi connectivity index (χ3n) is 2.76. The zero-order chi connectivity index (χ0) is 14.3. The second-order valence-corrected chi connectivity index (χ2v) is 4.39. The second kappa shape index (κ2) is 7.51. The van der Waals surface area contributed by atoms with Crippen LogP contribution in [-0.2, 0) is 4.79 Å². The maximum Gasteiger partial charge on any atom is 0.251 e. The summed E-state index contributed by atoms with van der Waals surface area (Å²) in [4.78, 5) is 23.1. The van der Waals surface area contributed by atoms with Gasteiger partial charge in [-0.1, -0.05) is 6.92 Å². The van der Waals surface area contributed by atoms with Crippen LogP contribution in [0, 0.1) is 5.82 Å². The van der Waals surface area contributed by atoms with Crippen molar-refractivity contribution in [3.63, 3.8) is 0 Å². The Morgan fingerprint density at radius 3 is 2.47 bits per heavy atom. The molecule has 0 bridgehead atoms. The van der Waals surface area contributed by atoms with Gasteiger partial charge in [-0.05, 0) is 37.6 Å². The van der Waals surface area contributed by atoms with E-state index < -0.39 is 0 Å². The third-order valence-corrected chi connectivity index (χ3v) is 2.76. The highest BCUT2D eigenvalue weighted by atomic mass is 19.1. The van der Waals surface area contributed by atoms with Gasteiger partial charge in [-0.25, -0.2) is 4.39 Å². The molecule has 0 aliphatic carbocycles. The largest absolute Gasteiger partial charge is 0.354 e. The predicted molar refractivity (Wildman–Crippen MR) is 71.2 cm³/mol. The Hall–Kier alpha value is -1.91. The lowest BCUT2D eigenvalue weighted by molar-refractivity contribution is -0.121. The molecular weight excluding hydrogens is 247 g/mol. The molecule has 19 heavy (non-hydrogen) atoms. The van der Waals surface area contributed by atoms with Crippen LogP contribution in [0.2, 0.25) is 0 Å². The fourth-order valence-corrected chi connectivity index (χ4v) is 1.44. The van der Waals surface area contributed by atoms with Crippen LogP contribution in [0.1, 0.15) is 37.0 Å². The highest BCUT2D eigenvalue weighted by Crippen LogP contribution is 2.02. The van der Waals surface area contributed by atoms with E-state index in [1.54, 1.807) is 0 Å². The number of hydrogen-bond acceptors (Lipinski definition) is 2. The van der Waals surface area contributed by atoms with Gasteiger partial charge in [-0.15, -0.1) is 0 Å². The van der Waals surface area contributed by atoms with Gasteiger partial charge in [0.25, 0.3) is 5.91 Å². The van der Waals surface area contributed by atoms with Gasteiger partial charge in [0.1, 0.15) is 5.82 Å². The molecule has 0 saturated heterocycles. The molecule has 0 spiro atoms. The van der Waals surface area contributed by atoms with E-state index in [0.29, 0.717) is 5.56 Å². The van der Waals surface area contributed by atoms with E-state index in [0.717, 1.165) is 6.42 Å². The van der Waals surface area contributed by atoms with Crippen molar-refractivity contribution in [3.05, 3.63) is 35.6 Å². The lowest BCUT2D eigenvalue weighted by Gasteiger charge is -2.11. The number of carbonyl (C=O) groups excluding carboxylic acids is 2. The second-order valence-electron chi connectivity index (χ2n) is 4.39. The van der Waals surface area contributed by atoms with E-state index in [9.17, 15) is 14.0 Å². The minimum Gasteiger partial charge on any atom is -0.354 e. The molecule has 104 valence electrons. The van der Waals surface area contributed by atoms with Crippen molar-refractivity contribution in [1.82, 2.24) is 10.6 Å². The van der Waals surface area contributed by atoms with E-state index in [4.69, 9.17) is 0 Å². The lowest BCUT2D eigenvalue weighted by atomic mass is 10.2. The fourth-order valence-electron chi connectivity index (χ4n) is 1.44. The van der Waals surface area contributed by atoms with Crippen molar-refractivity contribution >= 4 is 11.8 Å². The molecule has 0 aliphatic heterocycles. The molecule has 0 saturated carbocycles. The van der Waals surface area contributed by atoms with Gasteiger partial charge in [0.05, 0.1) is 0 Å². The molecule has 0 fully saturated rings. The summed E-state index contributed by atoms with van der Waals surface area (Å²) in [7, 11) is 0. The average molecular weight is 266 g/mol. The summed E-state index contributed by atoms with van der Waals surface area (Å²) in [6.07, 6.45) is 1.10. The van der Waals surface area contributed by atoms with Gasteiger partial charge in [0, 0.05) is 24.6 Å². The number of benzene rings is 1. The topological polar surface area (TPSA) is 58.2 Å². The number of hydrogen-bond donors (Lipinski definition) is 2. The Balaban J connectivity index is 2.31. The van der Waals surface area contributed by atoms with Crippen LogP contribution >= 0.6 is 0 Å². The normalized spacial score (nSPS) is 11.7. The molecule has 2 N–H and O–H groups in total. The van der Waals surface area contributed by atoms with E-state index in [2.05, 4.69) is 10.6 Å². The zero-order valence-corrected chi connectivity index (χ0v) is 11.2. The molecule has 5 heteroatoms. The summed E-state index contributed by atoms with van der Waals surface area (Å²) in [6.45, 7) is 4.18. The van der Waals surface area contributed by atoms with Crippen LogP contribution in [0.4, 0.5) is 4.39 Å². The fraction of sp³-hybridized carbons (Fsp3) is 0.429. The molecule has 0 aromatic heterocycles. The summed E-state index contributed by atoms with van der Waals surface area (Å²) >= 11 is 0. The SMILES string of the molecule is CCC(C)NC(=O)CCNC(=O)c1ccc(F)cc1. The number of nitrogens with one attached hydrogen (secondary N) is 2. The smallest absolute Gasteiger partial charge is 0.251 e. The highest BCUT2D eigenvalue weighted by molar-refractivity contribution is 5.94. The van der Waals surface area contributed by atoms with E-state index in [-0.39, 0.29) is 36.6 Å². The summed E-state index contributed by atoms with van der Waals surface area (Å²) in [5, 5.41) is 5.43. The van der Waals surface area contributed by atoms with Crippen LogP contribution in [0.15, 0.2) is 24.3 Å². The zero-order valence-electron chi connectivity index (χ0n) is 11.2. The van der Waals surface area contributed by atoms with E-state index in [1.807, 2.05) is 13.8 Å². The van der Waals surface area contributed by atoms with Crippen molar-refractivity contribution in [2.45, 2.75) is 32.7 Å². The van der Waals surface area contributed by atoms with Gasteiger partial charge in [0.2, 0.25) is 5.91 Å². The van der Waals surface area contributed by atoms with Gasteiger partial charge in [-0.3, -0.25) is 9.59 Å². The molecule has 0 aliphatic rings. The molecule has 2 amide bonds. The molecule has 1 atom stereocenters. The van der Waals surface area contributed by atoms with Gasteiger partial charge in [-0.2, -0.15) is 0 Å². The van der Waals surface area contributed by atoms with Crippen molar-refractivity contribution in [2.75, 3.05) is 6.54 Å². The molecule has 1 aromatic rings. The van der Waals surface area contributed by atoms with Crippen LogP contribution in [0.3, 0.4) is 0 Å². The number of rotatable bonds is 6. The summed E-state index contributed by atoms with van der Waals surface area (Å²) < 4.78 is 12.7. The molecule has 1 rings (SSSR count). The van der Waals surface area contributed by atoms with Crippen LogP contribution < -0.4 is 10.6 Å². The predicted octanol–water partition coefficient (Wildman–Crippen LogP) is 1.86. The Morgan fingerprint density at radius 1 is 1.26 bits per heavy atom. The van der Waals surface area contributed by atoms with Crippen LogP contribution in [-0.4, -0.2) is 24.4 Å². The maximum atomic E-state index is 12.7. The Labute approximate surface area is 112 Å². The molecule has 0 radical (unpaired) electrons. The minimum atomic E-state index is -0.385. The Bertz CT molecular complexity index is 432. The molecule has 1 aromatic carbocycles. The Kier molecular flexibility index (Phi) is 5.99. The van der Waals surface area contributed by atoms with E-state index in [1.165, 1.54) is 24.3 Å². The summed E-state index contributed by atoms with van der Waals surface area (Å²) in [5.41, 5.74) is 0.378. The van der Waals surface area contributed by atoms with Gasteiger partial charge >= 0.3 is 0 Å². The monoisotopic (exact) mass is 266 g/mol. The highest BCUT2D eigenvalue weighted by Gasteiger charge is 2.08. The number of amides is 2. The van der Waals surface area contributed by atoms with Gasteiger partial charge < -0.3 is 10.6 Å². The van der Waals surface area contributed by atoms with Crippen molar-refractivity contribution in [1.29, 1.82) is 0 Å². The van der Waals surface area contributed by atoms with Crippen molar-refractivity contribution < 1.29 is 14.0 Å². The van der Waals surface area contributed by atoms with Crippen molar-refractivity contribution in [2.24, 2.45) is 0 Å². The lowest BCUT2D eigenvalue weighted by Crippen LogP contribution is -2.35. The molecular formula is C14H19FN2O2. The van der Waals surface area contributed by atoms with Crippen molar-refractivity contribution in [3.8, 4) is 0 Å². The maximum absolute atomic E-state index is 12.7. The standard InChI is InChI=1S/C14H19FN2O2/c1-3-10(2)17-13(18)8-9-16-14(19)11-4-6-12(15)7-5-11/h4-7,10H,3,8-9H2,1-2H3,(H,16,19)(H,17,18). The minimum absolute atomic E-state index is 0.0891. The first-order chi connectivity index (χ1) is 9.02. The quantitative estimate of drug-likeness (QED) is 0.825. The van der Waals surface area contributed by atoms with Gasteiger partial charge in [0.15, 0.2) is 0 Å².